The van der Waals surface area contributed by atoms with Crippen LogP contribution in [0.1, 0.15) is 45.1 Å². The summed E-state index contributed by atoms with van der Waals surface area (Å²) in [6, 6.07) is 11.5. The molecule has 9 nitrogen and oxygen atoms in total. The average molecular weight is 584 g/mol. The molecule has 0 aliphatic carbocycles. The van der Waals surface area contributed by atoms with Gasteiger partial charge in [0.1, 0.15) is 18.3 Å². The molecular weight excluding hydrogens is 544 g/mol. The number of nitrogens with one attached hydrogen (secondary N) is 2. The first-order valence-electron chi connectivity index (χ1n) is 14.7. The monoisotopic (exact) mass is 583 g/mol. The lowest BCUT2D eigenvalue weighted by Gasteiger charge is -2.47. The number of anilines is 2. The quantitative estimate of drug-likeness (QED) is 0.474. The summed E-state index contributed by atoms with van der Waals surface area (Å²) in [5.74, 6) is -1.81. The fraction of sp³-hybridized carbons (Fsp3) is 0.516. The van der Waals surface area contributed by atoms with E-state index >= 15 is 8.78 Å². The van der Waals surface area contributed by atoms with E-state index in [4.69, 9.17) is 4.74 Å². The van der Waals surface area contributed by atoms with Crippen LogP contribution in [-0.4, -0.2) is 78.6 Å². The summed E-state index contributed by atoms with van der Waals surface area (Å²) in [6.07, 6.45) is 1.92. The Morgan fingerprint density at radius 3 is 2.26 bits per heavy atom. The molecule has 0 bridgehead atoms. The van der Waals surface area contributed by atoms with Crippen molar-refractivity contribution in [1.29, 1.82) is 0 Å². The summed E-state index contributed by atoms with van der Waals surface area (Å²) in [5.41, 5.74) is 1.06. The molecule has 1 unspecified atom stereocenters. The Balaban J connectivity index is 1.12. The van der Waals surface area contributed by atoms with E-state index in [1.165, 1.54) is 12.1 Å². The third-order valence-corrected chi connectivity index (χ3v) is 8.56. The van der Waals surface area contributed by atoms with Crippen molar-refractivity contribution in [2.24, 2.45) is 5.92 Å². The molecule has 2 N–H and O–H groups in total. The molecule has 3 amide bonds. The lowest BCUT2D eigenvalue weighted by Crippen LogP contribution is -2.58. The van der Waals surface area contributed by atoms with Gasteiger partial charge in [-0.05, 0) is 56.7 Å². The SMILES string of the molecule is C[C@@H]1CN(c2c(F)cc(NC3CCC(=O)NC3=O)cc2F)C[C@H](C)N1CC1CCN(C(=O)OCc2ccccc2)CC1. The Morgan fingerprint density at radius 1 is 1.00 bits per heavy atom. The van der Waals surface area contributed by atoms with Crippen LogP contribution >= 0.6 is 0 Å². The fourth-order valence-corrected chi connectivity index (χ4v) is 6.29. The van der Waals surface area contributed by atoms with Crippen LogP contribution in [0.5, 0.6) is 0 Å². The Kier molecular flexibility index (Phi) is 9.25. The second-order valence-electron chi connectivity index (χ2n) is 11.7. The van der Waals surface area contributed by atoms with E-state index in [0.29, 0.717) is 32.1 Å². The van der Waals surface area contributed by atoms with E-state index in [1.807, 2.05) is 30.3 Å². The number of piperidine rings is 2. The van der Waals surface area contributed by atoms with E-state index in [2.05, 4.69) is 29.4 Å². The van der Waals surface area contributed by atoms with Crippen LogP contribution in [0.2, 0.25) is 0 Å². The van der Waals surface area contributed by atoms with Gasteiger partial charge in [-0.15, -0.1) is 0 Å². The van der Waals surface area contributed by atoms with Crippen molar-refractivity contribution in [3.63, 3.8) is 0 Å². The first kappa shape index (κ1) is 29.8. The van der Waals surface area contributed by atoms with Gasteiger partial charge < -0.3 is 19.9 Å². The normalized spacial score (nSPS) is 24.0. The Bertz CT molecular complexity index is 1250. The number of rotatable bonds is 7. The van der Waals surface area contributed by atoms with Crippen LogP contribution in [-0.2, 0) is 20.9 Å². The second kappa shape index (κ2) is 13.1. The predicted octanol–water partition coefficient (Wildman–Crippen LogP) is 4.13. The number of carbonyl (C=O) groups excluding carboxylic acids is 3. The third kappa shape index (κ3) is 7.00. The summed E-state index contributed by atoms with van der Waals surface area (Å²) in [5, 5.41) is 5.09. The zero-order chi connectivity index (χ0) is 29.8. The zero-order valence-corrected chi connectivity index (χ0v) is 24.2. The van der Waals surface area contributed by atoms with Gasteiger partial charge in [0.2, 0.25) is 11.8 Å². The van der Waals surface area contributed by atoms with E-state index in [-0.39, 0.29) is 54.9 Å². The standard InChI is InChI=1S/C31H39F2N5O4/c1-20-16-37(29-25(32)14-24(15-26(29)33)34-27-8-9-28(39)35-30(27)40)17-21(2)38(20)18-22-10-12-36(13-11-22)31(41)42-19-23-6-4-3-5-7-23/h3-7,14-15,20-22,27,34H,8-13,16-19H2,1-2H3,(H,35,39,40)/t20-,21+,27?. The maximum absolute atomic E-state index is 15.3. The minimum Gasteiger partial charge on any atom is -0.445 e. The van der Waals surface area contributed by atoms with Crippen molar-refractivity contribution in [3.8, 4) is 0 Å². The van der Waals surface area contributed by atoms with E-state index in [1.54, 1.807) is 9.80 Å². The number of imide groups is 1. The molecule has 0 spiro atoms. The zero-order valence-electron chi connectivity index (χ0n) is 24.2. The highest BCUT2D eigenvalue weighted by Crippen LogP contribution is 2.32. The molecule has 5 rings (SSSR count). The highest BCUT2D eigenvalue weighted by molar-refractivity contribution is 6.01. The minimum atomic E-state index is -0.720. The minimum absolute atomic E-state index is 0.0653. The van der Waals surface area contributed by atoms with Crippen molar-refractivity contribution in [1.82, 2.24) is 15.1 Å². The van der Waals surface area contributed by atoms with Gasteiger partial charge in [-0.2, -0.15) is 0 Å². The number of hydrogen-bond donors (Lipinski definition) is 2. The number of ether oxygens (including phenoxy) is 1. The maximum atomic E-state index is 15.3. The van der Waals surface area contributed by atoms with Gasteiger partial charge in [-0.25, -0.2) is 13.6 Å². The highest BCUT2D eigenvalue weighted by atomic mass is 19.1. The number of amides is 3. The van der Waals surface area contributed by atoms with Gasteiger partial charge in [0.05, 0.1) is 0 Å². The average Bonchev–Trinajstić information content (AvgIpc) is 2.96. The Labute approximate surface area is 245 Å². The first-order valence-corrected chi connectivity index (χ1v) is 14.7. The second-order valence-corrected chi connectivity index (χ2v) is 11.7. The van der Waals surface area contributed by atoms with Crippen LogP contribution in [0.3, 0.4) is 0 Å². The summed E-state index contributed by atoms with van der Waals surface area (Å²) in [4.78, 5) is 41.9. The molecule has 42 heavy (non-hydrogen) atoms. The highest BCUT2D eigenvalue weighted by Gasteiger charge is 2.35. The summed E-state index contributed by atoms with van der Waals surface area (Å²) >= 11 is 0. The van der Waals surface area contributed by atoms with Gasteiger partial charge in [0, 0.05) is 56.9 Å². The van der Waals surface area contributed by atoms with Gasteiger partial charge in [0.25, 0.3) is 0 Å². The van der Waals surface area contributed by atoms with Crippen molar-refractivity contribution in [2.45, 2.75) is 64.3 Å². The van der Waals surface area contributed by atoms with Gasteiger partial charge in [0.15, 0.2) is 11.6 Å². The number of halogens is 2. The molecule has 3 heterocycles. The van der Waals surface area contributed by atoms with Gasteiger partial charge in [-0.3, -0.25) is 19.8 Å². The van der Waals surface area contributed by atoms with Crippen LogP contribution < -0.4 is 15.5 Å². The van der Waals surface area contributed by atoms with Gasteiger partial charge in [-0.1, -0.05) is 30.3 Å². The number of nitrogens with zero attached hydrogens (tertiary/aromatic N) is 3. The van der Waals surface area contributed by atoms with E-state index in [0.717, 1.165) is 24.9 Å². The van der Waals surface area contributed by atoms with Crippen LogP contribution in [0, 0.1) is 17.6 Å². The molecule has 2 aromatic rings. The Morgan fingerprint density at radius 2 is 1.64 bits per heavy atom. The molecular formula is C31H39F2N5O4. The van der Waals surface area contributed by atoms with Crippen molar-refractivity contribution >= 4 is 29.3 Å². The van der Waals surface area contributed by atoms with Gasteiger partial charge >= 0.3 is 6.09 Å². The molecule has 3 saturated heterocycles. The van der Waals surface area contributed by atoms with Crippen LogP contribution in [0.4, 0.5) is 25.0 Å². The molecule has 226 valence electrons. The number of piperazine rings is 1. The molecule has 3 fully saturated rings. The van der Waals surface area contributed by atoms with Crippen LogP contribution in [0.15, 0.2) is 42.5 Å². The smallest absolute Gasteiger partial charge is 0.410 e. The fourth-order valence-electron chi connectivity index (χ4n) is 6.29. The van der Waals surface area contributed by atoms with Crippen molar-refractivity contribution in [2.75, 3.05) is 42.9 Å². The van der Waals surface area contributed by atoms with Crippen molar-refractivity contribution in [3.05, 3.63) is 59.7 Å². The van der Waals surface area contributed by atoms with E-state index < -0.39 is 23.6 Å². The number of carbonyl (C=O) groups is 3. The topological polar surface area (TPSA) is 94.2 Å². The molecule has 0 aromatic heterocycles. The third-order valence-electron chi connectivity index (χ3n) is 8.56. The lowest BCUT2D eigenvalue weighted by atomic mass is 9.94. The summed E-state index contributed by atoms with van der Waals surface area (Å²) in [6.45, 7) is 7.53. The number of benzene rings is 2. The first-order chi connectivity index (χ1) is 20.2. The molecule has 3 atom stereocenters. The summed E-state index contributed by atoms with van der Waals surface area (Å²) < 4.78 is 36.0. The van der Waals surface area contributed by atoms with Crippen molar-refractivity contribution < 1.29 is 27.9 Å². The maximum Gasteiger partial charge on any atom is 0.410 e. The largest absolute Gasteiger partial charge is 0.445 e. The number of likely N-dealkylation sites (tertiary alicyclic amines) is 1. The van der Waals surface area contributed by atoms with E-state index in [9.17, 15) is 14.4 Å². The molecule has 3 aliphatic heterocycles. The molecule has 0 radical (unpaired) electrons. The lowest BCUT2D eigenvalue weighted by molar-refractivity contribution is -0.133. The molecule has 0 saturated carbocycles. The molecule has 2 aromatic carbocycles. The Hall–Kier alpha value is -3.73. The number of hydrogen-bond acceptors (Lipinski definition) is 7. The molecule has 11 heteroatoms. The van der Waals surface area contributed by atoms with Crippen LogP contribution in [0.25, 0.3) is 0 Å². The summed E-state index contributed by atoms with van der Waals surface area (Å²) in [7, 11) is 0. The molecule has 3 aliphatic rings. The predicted molar refractivity (Wildman–Crippen MR) is 155 cm³/mol.